The maximum absolute atomic E-state index is 5.31. The van der Waals surface area contributed by atoms with Gasteiger partial charge in [0.15, 0.2) is 0 Å². The second-order valence-electron chi connectivity index (χ2n) is 11.2. The molecule has 43 heavy (non-hydrogen) atoms. The fourth-order valence-corrected chi connectivity index (χ4v) is 5.67. The van der Waals surface area contributed by atoms with E-state index in [1.54, 1.807) is 0 Å². The molecule has 1 aliphatic carbocycles. The maximum Gasteiger partial charge on any atom is 0.129 e. The van der Waals surface area contributed by atoms with Gasteiger partial charge in [0.05, 0.1) is 6.04 Å². The molecule has 0 amide bonds. The highest BCUT2D eigenvalue weighted by Crippen LogP contribution is 2.33. The van der Waals surface area contributed by atoms with Gasteiger partial charge in [0.25, 0.3) is 0 Å². The third-order valence-corrected chi connectivity index (χ3v) is 8.04. The number of hydrogen-bond donors (Lipinski definition) is 1. The van der Waals surface area contributed by atoms with Crippen LogP contribution in [0.2, 0.25) is 0 Å². The van der Waals surface area contributed by atoms with Crippen LogP contribution in [-0.4, -0.2) is 12.1 Å². The summed E-state index contributed by atoms with van der Waals surface area (Å²) in [6.45, 7) is 4.46. The highest BCUT2D eigenvalue weighted by atomic mass is 15.0. The molecule has 1 N–H and O–H groups in total. The van der Waals surface area contributed by atoms with Crippen molar-refractivity contribution in [3.05, 3.63) is 167 Å². The van der Waals surface area contributed by atoms with Gasteiger partial charge in [0, 0.05) is 18.1 Å². The van der Waals surface area contributed by atoms with Gasteiger partial charge in [-0.2, -0.15) is 0 Å². The molecule has 212 valence electrons. The van der Waals surface area contributed by atoms with Crippen molar-refractivity contribution in [2.45, 2.75) is 32.7 Å². The first-order valence-corrected chi connectivity index (χ1v) is 15.1. The predicted molar refractivity (Wildman–Crippen MR) is 183 cm³/mol. The van der Waals surface area contributed by atoms with Crippen LogP contribution in [0.5, 0.6) is 0 Å². The number of allylic oxidation sites excluding steroid dienone is 3. The lowest BCUT2D eigenvalue weighted by Crippen LogP contribution is -2.30. The summed E-state index contributed by atoms with van der Waals surface area (Å²) < 4.78 is 0. The summed E-state index contributed by atoms with van der Waals surface area (Å²) in [5, 5.41) is 3.73. The van der Waals surface area contributed by atoms with Crippen molar-refractivity contribution in [1.82, 2.24) is 5.32 Å². The standard InChI is InChI=1S/C40H37N3/c1-29-14-9-10-21-36(29)33-18-12-20-35(26-33)39-27-38(42-40(43-39)37-22-8-3-5-13-30(37)2)34-19-11-17-31(25-34)23-24-41-28-32-15-6-4-7-16-32/h3-7,9-12,14-28,30,39H,8,13H2,1-2H3,(H,42,43)/b24-23+,41-28?/t30-,39+/m0/s1. The number of aryl methyl sites for hydroxylation is 1. The summed E-state index contributed by atoms with van der Waals surface area (Å²) in [4.78, 5) is 9.80. The monoisotopic (exact) mass is 559 g/mol. The highest BCUT2D eigenvalue weighted by molar-refractivity contribution is 6.05. The van der Waals surface area contributed by atoms with Crippen molar-refractivity contribution in [2.24, 2.45) is 15.9 Å². The van der Waals surface area contributed by atoms with E-state index in [0.29, 0.717) is 5.92 Å². The van der Waals surface area contributed by atoms with E-state index in [2.05, 4.69) is 121 Å². The third kappa shape index (κ3) is 6.90. The molecule has 0 saturated carbocycles. The number of nitrogens with one attached hydrogen (secondary N) is 1. The fraction of sp³-hybridized carbons (Fsp3) is 0.150. The van der Waals surface area contributed by atoms with Crippen LogP contribution in [0.4, 0.5) is 0 Å². The molecule has 0 radical (unpaired) electrons. The first-order chi connectivity index (χ1) is 21.1. The van der Waals surface area contributed by atoms with Gasteiger partial charge < -0.3 is 5.32 Å². The molecule has 0 unspecified atom stereocenters. The number of hydrogen-bond acceptors (Lipinski definition) is 3. The average Bonchev–Trinajstić information content (AvgIpc) is 3.28. The second-order valence-corrected chi connectivity index (χ2v) is 11.2. The number of benzene rings is 4. The van der Waals surface area contributed by atoms with Crippen molar-refractivity contribution >= 4 is 23.8 Å². The number of rotatable bonds is 7. The van der Waals surface area contributed by atoms with Gasteiger partial charge in [-0.15, -0.1) is 0 Å². The van der Waals surface area contributed by atoms with Crippen LogP contribution >= 0.6 is 0 Å². The SMILES string of the molecule is Cc1ccccc1-c1cccc([C@H]2C=C(c3cccc(/C=C/N=Cc4ccccc4)c3)NC(C3=CCC=CC[C@@H]3C)=N2)c1. The van der Waals surface area contributed by atoms with Gasteiger partial charge in [-0.25, -0.2) is 0 Å². The van der Waals surface area contributed by atoms with E-state index in [1.807, 2.05) is 48.8 Å². The smallest absolute Gasteiger partial charge is 0.129 e. The van der Waals surface area contributed by atoms with Gasteiger partial charge in [-0.1, -0.05) is 116 Å². The Morgan fingerprint density at radius 3 is 2.49 bits per heavy atom. The van der Waals surface area contributed by atoms with Crippen LogP contribution in [0.15, 0.2) is 149 Å². The Morgan fingerprint density at radius 2 is 1.60 bits per heavy atom. The van der Waals surface area contributed by atoms with Gasteiger partial charge in [-0.05, 0) is 94.5 Å². The molecule has 2 aliphatic rings. The largest absolute Gasteiger partial charge is 0.340 e. The van der Waals surface area contributed by atoms with E-state index in [1.165, 1.54) is 27.8 Å². The van der Waals surface area contributed by atoms with Crippen LogP contribution in [0.3, 0.4) is 0 Å². The fourth-order valence-electron chi connectivity index (χ4n) is 5.67. The van der Waals surface area contributed by atoms with Crippen molar-refractivity contribution in [3.63, 3.8) is 0 Å². The minimum atomic E-state index is -0.103. The zero-order chi connectivity index (χ0) is 29.4. The summed E-state index contributed by atoms with van der Waals surface area (Å²) >= 11 is 0. The molecule has 1 aliphatic heterocycles. The number of amidine groups is 1. The quantitative estimate of drug-likeness (QED) is 0.178. The molecule has 3 heteroatoms. The molecule has 0 aromatic heterocycles. The molecule has 3 nitrogen and oxygen atoms in total. The van der Waals surface area contributed by atoms with E-state index in [0.717, 1.165) is 41.1 Å². The van der Waals surface area contributed by atoms with Gasteiger partial charge in [0.2, 0.25) is 0 Å². The summed E-state index contributed by atoms with van der Waals surface area (Å²) in [7, 11) is 0. The van der Waals surface area contributed by atoms with E-state index in [4.69, 9.17) is 4.99 Å². The van der Waals surface area contributed by atoms with Gasteiger partial charge in [-0.3, -0.25) is 9.98 Å². The Bertz CT molecular complexity index is 1770. The normalized spacial score (nSPS) is 18.6. The zero-order valence-corrected chi connectivity index (χ0v) is 24.8. The highest BCUT2D eigenvalue weighted by Gasteiger charge is 2.23. The summed E-state index contributed by atoms with van der Waals surface area (Å²) in [5.74, 6) is 1.36. The van der Waals surface area contributed by atoms with E-state index in [-0.39, 0.29) is 6.04 Å². The predicted octanol–water partition coefficient (Wildman–Crippen LogP) is 9.75. The lowest BCUT2D eigenvalue weighted by molar-refractivity contribution is 0.715. The van der Waals surface area contributed by atoms with Crippen molar-refractivity contribution in [3.8, 4) is 11.1 Å². The first kappa shape index (κ1) is 28.1. The topological polar surface area (TPSA) is 36.8 Å². The van der Waals surface area contributed by atoms with Crippen molar-refractivity contribution < 1.29 is 0 Å². The maximum atomic E-state index is 5.31. The third-order valence-electron chi connectivity index (χ3n) is 8.04. The Labute approximate surface area is 255 Å². The van der Waals surface area contributed by atoms with E-state index in [9.17, 15) is 0 Å². The van der Waals surface area contributed by atoms with Crippen molar-refractivity contribution in [1.29, 1.82) is 0 Å². The minimum absolute atomic E-state index is 0.103. The molecular formula is C40H37N3. The van der Waals surface area contributed by atoms with Crippen LogP contribution in [0.25, 0.3) is 22.9 Å². The Morgan fingerprint density at radius 1 is 0.814 bits per heavy atom. The molecule has 0 bridgehead atoms. The second kappa shape index (κ2) is 13.3. The molecular weight excluding hydrogens is 522 g/mol. The van der Waals surface area contributed by atoms with Crippen molar-refractivity contribution in [2.75, 3.05) is 0 Å². The molecule has 2 atom stereocenters. The summed E-state index contributed by atoms with van der Waals surface area (Å²) in [6, 6.07) is 36.0. The summed E-state index contributed by atoms with van der Waals surface area (Å²) in [6.07, 6.45) is 16.8. The van der Waals surface area contributed by atoms with E-state index >= 15 is 0 Å². The molecule has 4 aromatic carbocycles. The van der Waals surface area contributed by atoms with Crippen LogP contribution in [0.1, 0.15) is 53.6 Å². The Balaban J connectivity index is 1.34. The Hall–Kier alpha value is -5.02. The van der Waals surface area contributed by atoms with Gasteiger partial charge in [0.1, 0.15) is 5.84 Å². The molecule has 0 fully saturated rings. The molecule has 6 rings (SSSR count). The number of aliphatic imine (C=N–C) groups is 2. The van der Waals surface area contributed by atoms with Crippen LogP contribution in [-0.2, 0) is 0 Å². The lowest BCUT2D eigenvalue weighted by atomic mass is 9.93. The van der Waals surface area contributed by atoms with E-state index < -0.39 is 0 Å². The summed E-state index contributed by atoms with van der Waals surface area (Å²) in [5.41, 5.74) is 10.6. The number of nitrogens with zero attached hydrogens (tertiary/aromatic N) is 2. The minimum Gasteiger partial charge on any atom is -0.340 e. The molecule has 0 saturated heterocycles. The molecule has 4 aromatic rings. The molecule has 1 heterocycles. The first-order valence-electron chi connectivity index (χ1n) is 15.1. The van der Waals surface area contributed by atoms with Crippen LogP contribution < -0.4 is 5.32 Å². The lowest BCUT2D eigenvalue weighted by Gasteiger charge is -2.26. The van der Waals surface area contributed by atoms with Gasteiger partial charge >= 0.3 is 0 Å². The average molecular weight is 560 g/mol. The Kier molecular flexibility index (Phi) is 8.70. The van der Waals surface area contributed by atoms with Crippen LogP contribution in [0, 0.1) is 12.8 Å². The zero-order valence-electron chi connectivity index (χ0n) is 24.8. The molecule has 0 spiro atoms.